The van der Waals surface area contributed by atoms with Gasteiger partial charge in [-0.2, -0.15) is 0 Å². The summed E-state index contributed by atoms with van der Waals surface area (Å²) in [6.07, 6.45) is 30.5. The van der Waals surface area contributed by atoms with Crippen molar-refractivity contribution in [3.05, 3.63) is 28.8 Å². The summed E-state index contributed by atoms with van der Waals surface area (Å²) in [5.74, 6) is 0.674. The number of hydrogen-bond acceptors (Lipinski definition) is 4. The van der Waals surface area contributed by atoms with Gasteiger partial charge in [-0.25, -0.2) is 0 Å². The molecule has 0 unspecified atom stereocenters. The van der Waals surface area contributed by atoms with Crippen molar-refractivity contribution in [3.63, 3.8) is 0 Å². The maximum atomic E-state index is 9.30. The third-order valence-corrected chi connectivity index (χ3v) is 8.00. The van der Waals surface area contributed by atoms with Crippen molar-refractivity contribution in [2.24, 2.45) is 0 Å². The van der Waals surface area contributed by atoms with Crippen LogP contribution in [0.5, 0.6) is 5.75 Å². The van der Waals surface area contributed by atoms with E-state index in [2.05, 4.69) is 26.8 Å². The molecule has 0 atom stereocenters. The molecule has 222 valence electrons. The lowest BCUT2D eigenvalue weighted by Crippen LogP contribution is -2.06. The summed E-state index contributed by atoms with van der Waals surface area (Å²) in [6, 6.07) is 4.21. The smallest absolute Gasteiger partial charge is 0.329 e. The molecule has 0 saturated heterocycles. The molecule has 1 aromatic carbocycles. The molecule has 0 amide bonds. The van der Waals surface area contributed by atoms with Crippen LogP contribution in [-0.2, 0) is 23.9 Å². The number of hydrogen-bond donors (Lipinski definition) is 2. The molecule has 38 heavy (non-hydrogen) atoms. The predicted molar refractivity (Wildman–Crippen MR) is 165 cm³/mol. The van der Waals surface area contributed by atoms with Crippen LogP contribution in [0, 0.1) is 0 Å². The zero-order valence-electron chi connectivity index (χ0n) is 25.3. The first kappa shape index (κ1) is 35.4. The van der Waals surface area contributed by atoms with E-state index in [1.807, 2.05) is 6.07 Å². The molecule has 0 aliphatic carbocycles. The highest BCUT2D eigenvalue weighted by Crippen LogP contribution is 2.34. The third-order valence-electron chi connectivity index (χ3n) is 7.79. The highest BCUT2D eigenvalue weighted by atomic mass is 31.2. The van der Waals surface area contributed by atoms with E-state index >= 15 is 0 Å². The summed E-state index contributed by atoms with van der Waals surface area (Å²) < 4.78 is 4.84. The van der Waals surface area contributed by atoms with Crippen LogP contribution >= 0.6 is 8.60 Å². The van der Waals surface area contributed by atoms with Crippen LogP contribution in [0.3, 0.4) is 0 Å². The van der Waals surface area contributed by atoms with E-state index in [4.69, 9.17) is 9.56 Å². The summed E-state index contributed by atoms with van der Waals surface area (Å²) in [5.41, 5.74) is 4.14. The monoisotopic (exact) mass is 552 g/mol. The molecule has 1 rings (SSSR count). The van der Waals surface area contributed by atoms with Crippen LogP contribution in [-0.4, -0.2) is 9.79 Å². The van der Waals surface area contributed by atoms with Gasteiger partial charge in [-0.3, -0.25) is 0 Å². The standard InChI is InChI=1S/C33H61O4P/c1-4-7-10-13-16-19-22-25-30-28-29-33(36-37-38(34)35)32(27-24-21-18-15-12-9-6-3)31(30)26-23-20-17-14-11-8-5-2/h28-29,34-35H,4-27H2,1-3H3. The Hall–Kier alpha value is -0.670. The highest BCUT2D eigenvalue weighted by molar-refractivity contribution is 7.39. The summed E-state index contributed by atoms with van der Waals surface area (Å²) in [7, 11) is -2.54. The van der Waals surface area contributed by atoms with Crippen LogP contribution in [0.1, 0.15) is 172 Å². The minimum Gasteiger partial charge on any atom is -0.329 e. The lowest BCUT2D eigenvalue weighted by molar-refractivity contribution is -0.110. The molecule has 0 fully saturated rings. The molecule has 2 N–H and O–H groups in total. The van der Waals surface area contributed by atoms with Crippen molar-refractivity contribution in [1.82, 2.24) is 0 Å². The second-order valence-electron chi connectivity index (χ2n) is 11.2. The third kappa shape index (κ3) is 17.8. The van der Waals surface area contributed by atoms with Gasteiger partial charge < -0.3 is 14.7 Å². The van der Waals surface area contributed by atoms with E-state index in [0.29, 0.717) is 5.75 Å². The molecular weight excluding hydrogens is 491 g/mol. The maximum Gasteiger partial charge on any atom is 0.370 e. The summed E-state index contributed by atoms with van der Waals surface area (Å²) >= 11 is 0. The topological polar surface area (TPSA) is 58.9 Å². The second-order valence-corrected chi connectivity index (χ2v) is 11.9. The van der Waals surface area contributed by atoms with Gasteiger partial charge in [-0.05, 0) is 55.7 Å². The second kappa shape index (κ2) is 25.3. The minimum absolute atomic E-state index is 0.674. The van der Waals surface area contributed by atoms with E-state index in [0.717, 1.165) is 25.7 Å². The molecule has 0 aliphatic heterocycles. The fourth-order valence-corrected chi connectivity index (χ4v) is 5.63. The van der Waals surface area contributed by atoms with E-state index < -0.39 is 8.60 Å². The van der Waals surface area contributed by atoms with Gasteiger partial charge in [-0.1, -0.05) is 142 Å². The lowest BCUT2D eigenvalue weighted by Gasteiger charge is -2.19. The van der Waals surface area contributed by atoms with Gasteiger partial charge in [0.05, 0.1) is 0 Å². The van der Waals surface area contributed by atoms with Crippen molar-refractivity contribution in [2.75, 3.05) is 0 Å². The van der Waals surface area contributed by atoms with Gasteiger partial charge in [0.25, 0.3) is 0 Å². The Balaban J connectivity index is 2.87. The van der Waals surface area contributed by atoms with Crippen molar-refractivity contribution in [3.8, 4) is 5.75 Å². The van der Waals surface area contributed by atoms with Crippen LogP contribution in [0.4, 0.5) is 0 Å². The Morgan fingerprint density at radius 2 is 0.895 bits per heavy atom. The zero-order valence-corrected chi connectivity index (χ0v) is 26.2. The molecule has 1 aromatic rings. The van der Waals surface area contributed by atoms with Gasteiger partial charge in [0.15, 0.2) is 5.75 Å². The highest BCUT2D eigenvalue weighted by Gasteiger charge is 2.16. The average Bonchev–Trinajstić information content (AvgIpc) is 2.91. The number of benzene rings is 1. The molecule has 0 bridgehead atoms. The molecule has 0 radical (unpaired) electrons. The van der Waals surface area contributed by atoms with E-state index in [1.165, 1.54) is 145 Å². The molecule has 0 heterocycles. The Morgan fingerprint density at radius 1 is 0.500 bits per heavy atom. The molecule has 0 saturated carbocycles. The molecule has 0 spiro atoms. The molecule has 5 heteroatoms. The number of aryl methyl sites for hydroxylation is 1. The first-order valence-corrected chi connectivity index (χ1v) is 17.5. The average molecular weight is 553 g/mol. The summed E-state index contributed by atoms with van der Waals surface area (Å²) in [4.78, 5) is 24.1. The largest absolute Gasteiger partial charge is 0.370 e. The molecule has 0 aliphatic rings. The SMILES string of the molecule is CCCCCCCCCc1ccc(OOP(O)O)c(CCCCCCCCC)c1CCCCCCCCC. The minimum atomic E-state index is -2.54. The van der Waals surface area contributed by atoms with Gasteiger partial charge in [0.1, 0.15) is 0 Å². The van der Waals surface area contributed by atoms with E-state index in [-0.39, 0.29) is 0 Å². The molecular formula is C33H61O4P. The van der Waals surface area contributed by atoms with Crippen LogP contribution < -0.4 is 4.89 Å². The summed E-state index contributed by atoms with van der Waals surface area (Å²) in [6.45, 7) is 6.81. The van der Waals surface area contributed by atoms with Crippen LogP contribution in [0.2, 0.25) is 0 Å². The first-order chi connectivity index (χ1) is 18.6. The Bertz CT molecular complexity index is 665. The van der Waals surface area contributed by atoms with Crippen molar-refractivity contribution < 1.29 is 19.3 Å². The van der Waals surface area contributed by atoms with E-state index in [9.17, 15) is 9.79 Å². The fourth-order valence-electron chi connectivity index (χ4n) is 5.48. The van der Waals surface area contributed by atoms with Crippen molar-refractivity contribution in [2.45, 2.75) is 175 Å². The number of rotatable bonds is 27. The normalized spacial score (nSPS) is 11.5. The van der Waals surface area contributed by atoms with Crippen molar-refractivity contribution in [1.29, 1.82) is 0 Å². The fraction of sp³-hybridized carbons (Fsp3) is 0.818. The Kier molecular flexibility index (Phi) is 23.5. The number of unbranched alkanes of at least 4 members (excludes halogenated alkanes) is 18. The Labute approximate surface area is 237 Å². The predicted octanol–water partition coefficient (Wildman–Crippen LogP) is 11.1. The van der Waals surface area contributed by atoms with Crippen molar-refractivity contribution >= 4 is 8.60 Å². The molecule has 0 aromatic heterocycles. The van der Waals surface area contributed by atoms with Gasteiger partial charge in [0, 0.05) is 5.56 Å². The van der Waals surface area contributed by atoms with E-state index in [1.54, 1.807) is 0 Å². The lowest BCUT2D eigenvalue weighted by atomic mass is 9.89. The molecule has 4 nitrogen and oxygen atoms in total. The zero-order chi connectivity index (χ0) is 27.7. The first-order valence-electron chi connectivity index (χ1n) is 16.3. The Morgan fingerprint density at radius 3 is 1.34 bits per heavy atom. The van der Waals surface area contributed by atoms with Crippen LogP contribution in [0.15, 0.2) is 12.1 Å². The maximum absolute atomic E-state index is 9.30. The summed E-state index contributed by atoms with van der Waals surface area (Å²) in [5, 5.41) is 0. The quantitative estimate of drug-likeness (QED) is 0.0493. The van der Waals surface area contributed by atoms with Gasteiger partial charge >= 0.3 is 8.60 Å². The van der Waals surface area contributed by atoms with Crippen LogP contribution in [0.25, 0.3) is 0 Å². The van der Waals surface area contributed by atoms with Gasteiger partial charge in [-0.15, -0.1) is 4.67 Å². The van der Waals surface area contributed by atoms with Gasteiger partial charge in [0.2, 0.25) is 0 Å².